The zero-order valence-electron chi connectivity index (χ0n) is 13.9. The minimum Gasteiger partial charge on any atom is -0.497 e. The minimum atomic E-state index is -0.210. The molecule has 0 aliphatic heterocycles. The lowest BCUT2D eigenvalue weighted by Crippen LogP contribution is -2.25. The summed E-state index contributed by atoms with van der Waals surface area (Å²) >= 11 is 0. The Kier molecular flexibility index (Phi) is 5.26. The van der Waals surface area contributed by atoms with Crippen LogP contribution in [0.25, 0.3) is 10.8 Å². The van der Waals surface area contributed by atoms with E-state index in [4.69, 9.17) is 4.74 Å². The largest absolute Gasteiger partial charge is 0.497 e. The maximum absolute atomic E-state index is 11.9. The van der Waals surface area contributed by atoms with Crippen LogP contribution in [0.3, 0.4) is 0 Å². The van der Waals surface area contributed by atoms with Gasteiger partial charge in [0.05, 0.1) is 19.9 Å². The number of rotatable bonds is 6. The van der Waals surface area contributed by atoms with Crippen LogP contribution in [0, 0.1) is 0 Å². The molecule has 0 aliphatic rings. The molecule has 0 heterocycles. The maximum atomic E-state index is 11.9. The van der Waals surface area contributed by atoms with Crippen molar-refractivity contribution in [3.05, 3.63) is 72.3 Å². The fourth-order valence-electron chi connectivity index (χ4n) is 2.39. The molecule has 0 saturated heterocycles. The van der Waals surface area contributed by atoms with Crippen LogP contribution >= 0.6 is 0 Å². The second-order valence-corrected chi connectivity index (χ2v) is 5.48. The van der Waals surface area contributed by atoms with Crippen LogP contribution in [0.5, 0.6) is 5.75 Å². The highest BCUT2D eigenvalue weighted by Crippen LogP contribution is 2.18. The number of hydrazone groups is 1. The molecule has 0 aromatic heterocycles. The third kappa shape index (κ3) is 4.57. The van der Waals surface area contributed by atoms with Gasteiger partial charge in [-0.3, -0.25) is 4.79 Å². The Morgan fingerprint density at radius 3 is 2.56 bits per heavy atom. The van der Waals surface area contributed by atoms with Gasteiger partial charge in [-0.05, 0) is 52.7 Å². The average Bonchev–Trinajstić information content (AvgIpc) is 2.67. The van der Waals surface area contributed by atoms with Crippen LogP contribution in [0.4, 0.5) is 5.69 Å². The number of hydrogen-bond acceptors (Lipinski definition) is 4. The molecular formula is C20H19N3O2. The van der Waals surface area contributed by atoms with E-state index in [9.17, 15) is 4.79 Å². The van der Waals surface area contributed by atoms with Crippen LogP contribution in [0.1, 0.15) is 5.56 Å². The zero-order valence-corrected chi connectivity index (χ0v) is 13.9. The van der Waals surface area contributed by atoms with Gasteiger partial charge in [0.2, 0.25) is 0 Å². The molecule has 0 radical (unpaired) electrons. The predicted molar refractivity (Wildman–Crippen MR) is 101 cm³/mol. The highest BCUT2D eigenvalue weighted by Gasteiger charge is 2.00. The molecule has 0 unspecified atom stereocenters. The minimum absolute atomic E-state index is 0.151. The van der Waals surface area contributed by atoms with E-state index in [1.807, 2.05) is 60.7 Å². The first-order valence-electron chi connectivity index (χ1n) is 7.93. The van der Waals surface area contributed by atoms with Crippen LogP contribution in [0.2, 0.25) is 0 Å². The van der Waals surface area contributed by atoms with Crippen LogP contribution < -0.4 is 15.5 Å². The number of carbonyl (C=O) groups is 1. The Labute approximate surface area is 146 Å². The third-order valence-electron chi connectivity index (χ3n) is 3.72. The van der Waals surface area contributed by atoms with Crippen LogP contribution in [-0.4, -0.2) is 25.8 Å². The first-order valence-corrected chi connectivity index (χ1v) is 7.93. The molecule has 0 aliphatic carbocycles. The van der Waals surface area contributed by atoms with E-state index in [2.05, 4.69) is 21.9 Å². The van der Waals surface area contributed by atoms with E-state index in [-0.39, 0.29) is 12.5 Å². The smallest absolute Gasteiger partial charge is 0.259 e. The van der Waals surface area contributed by atoms with Gasteiger partial charge in [-0.1, -0.05) is 30.3 Å². The first-order chi connectivity index (χ1) is 12.2. The number of methoxy groups -OCH3 is 1. The summed E-state index contributed by atoms with van der Waals surface area (Å²) in [7, 11) is 1.62. The van der Waals surface area contributed by atoms with E-state index in [0.717, 1.165) is 22.4 Å². The number of benzene rings is 3. The van der Waals surface area contributed by atoms with Crippen molar-refractivity contribution < 1.29 is 9.53 Å². The zero-order chi connectivity index (χ0) is 17.5. The Morgan fingerprint density at radius 1 is 1.04 bits per heavy atom. The molecule has 3 aromatic rings. The SMILES string of the molecule is COc1ccc(/C=N\NC(=O)CNc2ccc3ccccc3c2)cc1. The van der Waals surface area contributed by atoms with E-state index in [1.54, 1.807) is 13.3 Å². The molecule has 2 N–H and O–H groups in total. The standard InChI is InChI=1S/C20H19N3O2/c1-25-19-10-6-15(7-11-19)13-22-23-20(24)14-21-18-9-8-16-4-2-3-5-17(16)12-18/h2-13,21H,14H2,1H3,(H,23,24)/b22-13-. The topological polar surface area (TPSA) is 62.7 Å². The Balaban J connectivity index is 1.50. The highest BCUT2D eigenvalue weighted by atomic mass is 16.5. The summed E-state index contributed by atoms with van der Waals surface area (Å²) in [6.07, 6.45) is 1.59. The summed E-state index contributed by atoms with van der Waals surface area (Å²) in [5, 5.41) is 9.35. The molecule has 5 nitrogen and oxygen atoms in total. The summed E-state index contributed by atoms with van der Waals surface area (Å²) < 4.78 is 5.09. The lowest BCUT2D eigenvalue weighted by molar-refractivity contribution is -0.119. The van der Waals surface area contributed by atoms with Gasteiger partial charge in [-0.2, -0.15) is 5.10 Å². The summed E-state index contributed by atoms with van der Waals surface area (Å²) in [6.45, 7) is 0.151. The molecule has 1 amide bonds. The van der Waals surface area contributed by atoms with Crippen molar-refractivity contribution >= 4 is 28.6 Å². The van der Waals surface area contributed by atoms with Gasteiger partial charge >= 0.3 is 0 Å². The van der Waals surface area contributed by atoms with E-state index >= 15 is 0 Å². The monoisotopic (exact) mass is 333 g/mol. The van der Waals surface area contributed by atoms with Gasteiger partial charge in [-0.25, -0.2) is 5.43 Å². The number of nitrogens with zero attached hydrogens (tertiary/aromatic N) is 1. The van der Waals surface area contributed by atoms with E-state index in [1.165, 1.54) is 5.39 Å². The fourth-order valence-corrected chi connectivity index (χ4v) is 2.39. The summed E-state index contributed by atoms with van der Waals surface area (Å²) in [5.41, 5.74) is 4.28. The lowest BCUT2D eigenvalue weighted by atomic mass is 10.1. The van der Waals surface area contributed by atoms with Crippen molar-refractivity contribution in [1.29, 1.82) is 0 Å². The van der Waals surface area contributed by atoms with Gasteiger partial charge in [0.25, 0.3) is 5.91 Å². The maximum Gasteiger partial charge on any atom is 0.259 e. The Morgan fingerprint density at radius 2 is 1.80 bits per heavy atom. The number of carbonyl (C=O) groups excluding carboxylic acids is 1. The number of fused-ring (bicyclic) bond motifs is 1. The summed E-state index contributed by atoms with van der Waals surface area (Å²) in [6, 6.07) is 21.5. The number of amides is 1. The molecule has 3 rings (SSSR count). The lowest BCUT2D eigenvalue weighted by Gasteiger charge is -2.06. The van der Waals surface area contributed by atoms with Gasteiger partial charge < -0.3 is 10.1 Å². The van der Waals surface area contributed by atoms with Crippen molar-refractivity contribution in [2.45, 2.75) is 0 Å². The number of hydrogen-bond donors (Lipinski definition) is 2. The van der Waals surface area contributed by atoms with Gasteiger partial charge in [0.1, 0.15) is 5.75 Å². The summed E-state index contributed by atoms with van der Waals surface area (Å²) in [4.78, 5) is 11.9. The number of anilines is 1. The van der Waals surface area contributed by atoms with E-state index in [0.29, 0.717) is 0 Å². The second-order valence-electron chi connectivity index (χ2n) is 5.48. The van der Waals surface area contributed by atoms with E-state index < -0.39 is 0 Å². The number of nitrogens with one attached hydrogen (secondary N) is 2. The second kappa shape index (κ2) is 7.97. The van der Waals surface area contributed by atoms with Crippen molar-refractivity contribution in [3.8, 4) is 5.75 Å². The van der Waals surface area contributed by atoms with Gasteiger partial charge in [0, 0.05) is 5.69 Å². The quantitative estimate of drug-likeness (QED) is 0.537. The molecular weight excluding hydrogens is 314 g/mol. The van der Waals surface area contributed by atoms with Crippen molar-refractivity contribution in [2.24, 2.45) is 5.10 Å². The molecule has 25 heavy (non-hydrogen) atoms. The highest BCUT2D eigenvalue weighted by molar-refractivity contribution is 5.87. The normalized spacial score (nSPS) is 10.8. The van der Waals surface area contributed by atoms with Gasteiger partial charge in [-0.15, -0.1) is 0 Å². The molecule has 0 atom stereocenters. The Bertz CT molecular complexity index is 889. The predicted octanol–water partition coefficient (Wildman–Crippen LogP) is 3.41. The van der Waals surface area contributed by atoms with Crippen molar-refractivity contribution in [1.82, 2.24) is 5.43 Å². The Hall–Kier alpha value is -3.34. The van der Waals surface area contributed by atoms with Crippen LogP contribution in [0.15, 0.2) is 71.8 Å². The third-order valence-corrected chi connectivity index (χ3v) is 3.72. The molecule has 0 saturated carbocycles. The molecule has 0 bridgehead atoms. The number of ether oxygens (including phenoxy) is 1. The summed E-state index contributed by atoms with van der Waals surface area (Å²) in [5.74, 6) is 0.568. The average molecular weight is 333 g/mol. The van der Waals surface area contributed by atoms with Crippen LogP contribution in [-0.2, 0) is 4.79 Å². The molecule has 0 fully saturated rings. The molecule has 3 aromatic carbocycles. The fraction of sp³-hybridized carbons (Fsp3) is 0.100. The molecule has 126 valence electrons. The first kappa shape index (κ1) is 16.5. The van der Waals surface area contributed by atoms with Gasteiger partial charge in [0.15, 0.2) is 0 Å². The van der Waals surface area contributed by atoms with Crippen molar-refractivity contribution in [3.63, 3.8) is 0 Å². The molecule has 5 heteroatoms. The van der Waals surface area contributed by atoms with Crippen molar-refractivity contribution in [2.75, 3.05) is 19.0 Å². The molecule has 0 spiro atoms.